The third kappa shape index (κ3) is 7.65. The molecule has 0 amide bonds. The largest absolute Gasteiger partial charge is 0.492 e. The SMILES string of the molecule is CCc1nncn1CCNC(=NCCOC)NCCOc1ccc(C)cc1. The Morgan fingerprint density at radius 2 is 1.93 bits per heavy atom. The summed E-state index contributed by atoms with van der Waals surface area (Å²) in [5, 5.41) is 14.7. The van der Waals surface area contributed by atoms with E-state index in [0.29, 0.717) is 26.3 Å². The molecule has 1 heterocycles. The molecule has 0 aliphatic carbocycles. The Bertz CT molecular complexity index is 684. The minimum atomic E-state index is 0.555. The highest BCUT2D eigenvalue weighted by Crippen LogP contribution is 2.10. The summed E-state index contributed by atoms with van der Waals surface area (Å²) in [6.45, 7) is 8.02. The van der Waals surface area contributed by atoms with Gasteiger partial charge in [0.25, 0.3) is 0 Å². The maximum atomic E-state index is 5.74. The fourth-order valence-electron chi connectivity index (χ4n) is 2.43. The Balaban J connectivity index is 1.75. The van der Waals surface area contributed by atoms with Gasteiger partial charge in [0.15, 0.2) is 5.96 Å². The summed E-state index contributed by atoms with van der Waals surface area (Å²) in [5.41, 5.74) is 1.22. The van der Waals surface area contributed by atoms with Gasteiger partial charge in [-0.05, 0) is 19.1 Å². The number of rotatable bonds is 11. The molecule has 0 spiro atoms. The zero-order chi connectivity index (χ0) is 19.3. The van der Waals surface area contributed by atoms with Crippen molar-refractivity contribution in [3.05, 3.63) is 42.0 Å². The van der Waals surface area contributed by atoms with Crippen LogP contribution in [0.25, 0.3) is 0 Å². The summed E-state index contributed by atoms with van der Waals surface area (Å²) in [5.74, 6) is 2.59. The van der Waals surface area contributed by atoms with E-state index in [1.165, 1.54) is 5.56 Å². The lowest BCUT2D eigenvalue weighted by atomic mass is 10.2. The molecule has 0 unspecified atom stereocenters. The van der Waals surface area contributed by atoms with E-state index in [9.17, 15) is 0 Å². The van der Waals surface area contributed by atoms with Crippen LogP contribution in [-0.4, -0.2) is 60.7 Å². The molecule has 0 atom stereocenters. The van der Waals surface area contributed by atoms with Crippen LogP contribution >= 0.6 is 0 Å². The normalized spacial score (nSPS) is 11.4. The lowest BCUT2D eigenvalue weighted by Crippen LogP contribution is -2.41. The predicted octanol–water partition coefficient (Wildman–Crippen LogP) is 1.41. The lowest BCUT2D eigenvalue weighted by Gasteiger charge is -2.14. The Hall–Kier alpha value is -2.61. The van der Waals surface area contributed by atoms with Crippen molar-refractivity contribution in [1.82, 2.24) is 25.4 Å². The number of aliphatic imine (C=N–C) groups is 1. The van der Waals surface area contributed by atoms with Crippen molar-refractivity contribution in [3.8, 4) is 5.75 Å². The number of nitrogens with zero attached hydrogens (tertiary/aromatic N) is 4. The molecule has 1 aromatic carbocycles. The Morgan fingerprint density at radius 1 is 1.15 bits per heavy atom. The molecule has 0 aliphatic heterocycles. The van der Waals surface area contributed by atoms with Gasteiger partial charge in [-0.25, -0.2) is 0 Å². The van der Waals surface area contributed by atoms with Crippen molar-refractivity contribution in [2.75, 3.05) is 40.0 Å². The molecule has 8 nitrogen and oxygen atoms in total. The second kappa shape index (κ2) is 11.9. The van der Waals surface area contributed by atoms with E-state index in [0.717, 1.165) is 37.0 Å². The number of aromatic nitrogens is 3. The average molecular weight is 374 g/mol. The molecule has 2 N–H and O–H groups in total. The fourth-order valence-corrected chi connectivity index (χ4v) is 2.43. The molecule has 27 heavy (non-hydrogen) atoms. The number of hydrogen-bond donors (Lipinski definition) is 2. The van der Waals surface area contributed by atoms with Crippen LogP contribution in [0.5, 0.6) is 5.75 Å². The summed E-state index contributed by atoms with van der Waals surface area (Å²) in [4.78, 5) is 4.50. The van der Waals surface area contributed by atoms with Crippen LogP contribution in [-0.2, 0) is 17.7 Å². The van der Waals surface area contributed by atoms with Crippen molar-refractivity contribution in [2.45, 2.75) is 26.8 Å². The van der Waals surface area contributed by atoms with Crippen LogP contribution in [0.4, 0.5) is 0 Å². The summed E-state index contributed by atoms with van der Waals surface area (Å²) in [6.07, 6.45) is 2.62. The lowest BCUT2D eigenvalue weighted by molar-refractivity contribution is 0.208. The number of guanidine groups is 1. The average Bonchev–Trinajstić information content (AvgIpc) is 3.14. The monoisotopic (exact) mass is 374 g/mol. The zero-order valence-corrected chi connectivity index (χ0v) is 16.4. The second-order valence-electron chi connectivity index (χ2n) is 6.03. The van der Waals surface area contributed by atoms with Gasteiger partial charge >= 0.3 is 0 Å². The standard InChI is InChI=1S/C19H30N6O2/c1-4-18-24-23-15-25(18)12-9-20-19(21-10-13-26-3)22-11-14-27-17-7-5-16(2)6-8-17/h5-8,15H,4,9-14H2,1-3H3,(H2,20,21,22). The van der Waals surface area contributed by atoms with E-state index in [-0.39, 0.29) is 0 Å². The molecule has 2 aromatic rings. The molecule has 1 aromatic heterocycles. The molecule has 0 bridgehead atoms. The van der Waals surface area contributed by atoms with E-state index >= 15 is 0 Å². The topological polar surface area (TPSA) is 85.6 Å². The van der Waals surface area contributed by atoms with Crippen molar-refractivity contribution < 1.29 is 9.47 Å². The highest BCUT2D eigenvalue weighted by molar-refractivity contribution is 5.79. The zero-order valence-electron chi connectivity index (χ0n) is 16.4. The first kappa shape index (κ1) is 20.7. The third-order valence-electron chi connectivity index (χ3n) is 3.91. The molecule has 0 aliphatic rings. The second-order valence-corrected chi connectivity index (χ2v) is 6.03. The van der Waals surface area contributed by atoms with Crippen LogP contribution in [0.3, 0.4) is 0 Å². The van der Waals surface area contributed by atoms with Gasteiger partial charge < -0.3 is 24.7 Å². The molecule has 8 heteroatoms. The molecule has 0 radical (unpaired) electrons. The quantitative estimate of drug-likeness (QED) is 0.351. The van der Waals surface area contributed by atoms with Crippen LogP contribution in [0.2, 0.25) is 0 Å². The minimum Gasteiger partial charge on any atom is -0.492 e. The van der Waals surface area contributed by atoms with Crippen LogP contribution in [0, 0.1) is 6.92 Å². The molecule has 0 fully saturated rings. The third-order valence-corrected chi connectivity index (χ3v) is 3.91. The Morgan fingerprint density at radius 3 is 2.67 bits per heavy atom. The highest BCUT2D eigenvalue weighted by Gasteiger charge is 2.03. The summed E-state index contributed by atoms with van der Waals surface area (Å²) < 4.78 is 12.9. The molecule has 0 saturated heterocycles. The predicted molar refractivity (Wildman–Crippen MR) is 106 cm³/mol. The maximum Gasteiger partial charge on any atom is 0.191 e. The van der Waals surface area contributed by atoms with E-state index in [4.69, 9.17) is 9.47 Å². The molecular formula is C19H30N6O2. The van der Waals surface area contributed by atoms with E-state index in [1.54, 1.807) is 13.4 Å². The first-order valence-electron chi connectivity index (χ1n) is 9.30. The van der Waals surface area contributed by atoms with Gasteiger partial charge in [-0.15, -0.1) is 10.2 Å². The molecule has 148 valence electrons. The number of aryl methyl sites for hydroxylation is 2. The number of benzene rings is 1. The smallest absolute Gasteiger partial charge is 0.191 e. The van der Waals surface area contributed by atoms with Gasteiger partial charge in [0.05, 0.1) is 19.7 Å². The number of hydrogen-bond acceptors (Lipinski definition) is 5. The van der Waals surface area contributed by atoms with Gasteiger partial charge in [-0.1, -0.05) is 24.6 Å². The highest BCUT2D eigenvalue weighted by atomic mass is 16.5. The Labute approximate surface area is 161 Å². The van der Waals surface area contributed by atoms with Gasteiger partial charge in [-0.3, -0.25) is 4.99 Å². The van der Waals surface area contributed by atoms with E-state index < -0.39 is 0 Å². The number of nitrogens with one attached hydrogen (secondary N) is 2. The molecular weight excluding hydrogens is 344 g/mol. The molecule has 0 saturated carbocycles. The fraction of sp³-hybridized carbons (Fsp3) is 0.526. The number of methoxy groups -OCH3 is 1. The van der Waals surface area contributed by atoms with Crippen molar-refractivity contribution in [1.29, 1.82) is 0 Å². The number of ether oxygens (including phenoxy) is 2. The van der Waals surface area contributed by atoms with Crippen LogP contribution < -0.4 is 15.4 Å². The van der Waals surface area contributed by atoms with Crippen molar-refractivity contribution in [2.24, 2.45) is 4.99 Å². The van der Waals surface area contributed by atoms with Gasteiger partial charge in [-0.2, -0.15) is 0 Å². The van der Waals surface area contributed by atoms with Gasteiger partial charge in [0, 0.05) is 26.6 Å². The van der Waals surface area contributed by atoms with Crippen molar-refractivity contribution in [3.63, 3.8) is 0 Å². The first-order valence-corrected chi connectivity index (χ1v) is 9.30. The van der Waals surface area contributed by atoms with E-state index in [1.807, 2.05) is 28.8 Å². The summed E-state index contributed by atoms with van der Waals surface area (Å²) in [7, 11) is 1.67. The Kier molecular flexibility index (Phi) is 9.12. The van der Waals surface area contributed by atoms with Gasteiger partial charge in [0.2, 0.25) is 0 Å². The van der Waals surface area contributed by atoms with Crippen LogP contribution in [0.1, 0.15) is 18.3 Å². The van der Waals surface area contributed by atoms with Crippen LogP contribution in [0.15, 0.2) is 35.6 Å². The summed E-state index contributed by atoms with van der Waals surface area (Å²) >= 11 is 0. The first-order chi connectivity index (χ1) is 13.2. The van der Waals surface area contributed by atoms with E-state index in [2.05, 4.69) is 39.7 Å². The molecule has 2 rings (SSSR count). The minimum absolute atomic E-state index is 0.555. The maximum absolute atomic E-state index is 5.74. The van der Waals surface area contributed by atoms with Gasteiger partial charge in [0.1, 0.15) is 24.5 Å². The van der Waals surface area contributed by atoms with Crippen molar-refractivity contribution >= 4 is 5.96 Å². The summed E-state index contributed by atoms with van der Waals surface area (Å²) in [6, 6.07) is 8.03.